The Hall–Kier alpha value is -2.33. The number of nitrogens with two attached hydrogens (primary N) is 1. The Morgan fingerprint density at radius 3 is 2.61 bits per heavy atom. The highest BCUT2D eigenvalue weighted by atomic mass is 127. The zero-order chi connectivity index (χ0) is 21.3. The van der Waals surface area contributed by atoms with E-state index in [0.29, 0.717) is 19.1 Å². The number of halogens is 1. The molecule has 1 amide bonds. The van der Waals surface area contributed by atoms with Crippen LogP contribution in [-0.2, 0) is 11.3 Å². The average Bonchev–Trinajstić information content (AvgIpc) is 2.73. The van der Waals surface area contributed by atoms with Crippen molar-refractivity contribution in [2.75, 3.05) is 26.7 Å². The molecule has 0 atom stereocenters. The number of nitrogens with zero attached hydrogens (tertiary/aromatic N) is 2. The predicted octanol–water partition coefficient (Wildman–Crippen LogP) is 3.02. The highest BCUT2D eigenvalue weighted by molar-refractivity contribution is 14.0. The molecule has 1 aliphatic rings. The number of amides is 1. The molecular weight excluding hydrogens is 505 g/mol. The number of carbonyl (C=O) groups excluding carboxylic acids is 1. The van der Waals surface area contributed by atoms with E-state index >= 15 is 0 Å². The first kappa shape index (κ1) is 24.9. The highest BCUT2D eigenvalue weighted by Gasteiger charge is 2.20. The van der Waals surface area contributed by atoms with Gasteiger partial charge in [-0.25, -0.2) is 0 Å². The van der Waals surface area contributed by atoms with Gasteiger partial charge in [-0.2, -0.15) is 0 Å². The van der Waals surface area contributed by atoms with Crippen molar-refractivity contribution in [2.45, 2.75) is 32.4 Å². The summed E-state index contributed by atoms with van der Waals surface area (Å²) in [5, 5.41) is 6.87. The number of hydrogen-bond acceptors (Lipinski definition) is 4. The summed E-state index contributed by atoms with van der Waals surface area (Å²) >= 11 is 0. The molecule has 31 heavy (non-hydrogen) atoms. The van der Waals surface area contributed by atoms with Crippen LogP contribution < -0.4 is 21.1 Å². The van der Waals surface area contributed by atoms with Crippen LogP contribution in [0.5, 0.6) is 11.5 Å². The number of aryl methyl sites for hydroxylation is 1. The topological polar surface area (TPSA) is 92.0 Å². The lowest BCUT2D eigenvalue weighted by molar-refractivity contribution is -0.119. The SMILES string of the molecule is CN=C(NCc1ccccc1Oc1cccc(C)c1)NC1CCN(CC(N)=O)CC1.I. The molecule has 0 saturated carbocycles. The maximum Gasteiger partial charge on any atom is 0.231 e. The number of rotatable bonds is 7. The first-order valence-corrected chi connectivity index (χ1v) is 10.3. The van der Waals surface area contributed by atoms with Crippen molar-refractivity contribution < 1.29 is 9.53 Å². The molecule has 0 unspecified atom stereocenters. The van der Waals surface area contributed by atoms with E-state index < -0.39 is 0 Å². The van der Waals surface area contributed by atoms with Crippen LogP contribution >= 0.6 is 24.0 Å². The minimum atomic E-state index is -0.273. The number of carbonyl (C=O) groups is 1. The molecule has 2 aromatic carbocycles. The maximum absolute atomic E-state index is 11.1. The Bertz CT molecular complexity index is 882. The fourth-order valence-electron chi connectivity index (χ4n) is 3.58. The minimum Gasteiger partial charge on any atom is -0.457 e. The van der Waals surface area contributed by atoms with Crippen LogP contribution in [0.15, 0.2) is 53.5 Å². The number of para-hydroxylation sites is 1. The second-order valence-electron chi connectivity index (χ2n) is 7.61. The zero-order valence-electron chi connectivity index (χ0n) is 18.1. The molecule has 0 bridgehead atoms. The molecule has 7 nitrogen and oxygen atoms in total. The molecule has 1 aliphatic heterocycles. The summed E-state index contributed by atoms with van der Waals surface area (Å²) in [6.07, 6.45) is 1.89. The van der Waals surface area contributed by atoms with Crippen LogP contribution in [0.25, 0.3) is 0 Å². The summed E-state index contributed by atoms with van der Waals surface area (Å²) < 4.78 is 6.11. The van der Waals surface area contributed by atoms with Crippen LogP contribution in [0.1, 0.15) is 24.0 Å². The number of primary amides is 1. The molecule has 168 valence electrons. The third-order valence-corrected chi connectivity index (χ3v) is 5.17. The van der Waals surface area contributed by atoms with Gasteiger partial charge in [-0.1, -0.05) is 30.3 Å². The van der Waals surface area contributed by atoms with Gasteiger partial charge in [-0.05, 0) is 43.5 Å². The van der Waals surface area contributed by atoms with Crippen LogP contribution in [0, 0.1) is 6.92 Å². The lowest BCUT2D eigenvalue weighted by atomic mass is 10.1. The van der Waals surface area contributed by atoms with Crippen molar-refractivity contribution in [3.8, 4) is 11.5 Å². The molecular formula is C23H32IN5O2. The van der Waals surface area contributed by atoms with Gasteiger partial charge in [0, 0.05) is 38.3 Å². The van der Waals surface area contributed by atoms with Crippen LogP contribution in [0.2, 0.25) is 0 Å². The molecule has 0 radical (unpaired) electrons. The molecule has 0 aromatic heterocycles. The van der Waals surface area contributed by atoms with E-state index in [4.69, 9.17) is 10.5 Å². The number of hydrogen-bond donors (Lipinski definition) is 3. The lowest BCUT2D eigenvalue weighted by Gasteiger charge is -2.32. The molecule has 1 heterocycles. The Balaban J connectivity index is 0.00000341. The molecule has 1 saturated heterocycles. The van der Waals surface area contributed by atoms with Gasteiger partial charge in [0.2, 0.25) is 5.91 Å². The fraction of sp³-hybridized carbons (Fsp3) is 0.391. The van der Waals surface area contributed by atoms with E-state index in [1.165, 1.54) is 0 Å². The summed E-state index contributed by atoms with van der Waals surface area (Å²) in [6.45, 7) is 4.68. The number of ether oxygens (including phenoxy) is 1. The van der Waals surface area contributed by atoms with Crippen molar-refractivity contribution in [3.63, 3.8) is 0 Å². The normalized spacial score (nSPS) is 15.1. The third-order valence-electron chi connectivity index (χ3n) is 5.17. The van der Waals surface area contributed by atoms with Crippen molar-refractivity contribution in [1.29, 1.82) is 0 Å². The van der Waals surface area contributed by atoms with E-state index in [1.54, 1.807) is 7.05 Å². The maximum atomic E-state index is 11.1. The Kier molecular flexibility index (Phi) is 10.1. The van der Waals surface area contributed by atoms with Crippen LogP contribution in [-0.4, -0.2) is 49.5 Å². The van der Waals surface area contributed by atoms with Gasteiger partial charge >= 0.3 is 0 Å². The van der Waals surface area contributed by atoms with Crippen molar-refractivity contribution in [1.82, 2.24) is 15.5 Å². The second-order valence-corrected chi connectivity index (χ2v) is 7.61. The number of nitrogens with one attached hydrogen (secondary N) is 2. The Labute approximate surface area is 201 Å². The van der Waals surface area contributed by atoms with E-state index in [9.17, 15) is 4.79 Å². The van der Waals surface area contributed by atoms with E-state index in [1.807, 2.05) is 55.5 Å². The van der Waals surface area contributed by atoms with Gasteiger partial charge in [-0.3, -0.25) is 14.7 Å². The third kappa shape index (κ3) is 8.02. The van der Waals surface area contributed by atoms with Crippen molar-refractivity contribution in [2.24, 2.45) is 10.7 Å². The molecule has 1 fully saturated rings. The molecule has 2 aromatic rings. The number of aliphatic imine (C=N–C) groups is 1. The Morgan fingerprint density at radius 1 is 1.19 bits per heavy atom. The lowest BCUT2D eigenvalue weighted by Crippen LogP contribution is -2.49. The van der Waals surface area contributed by atoms with Gasteiger partial charge in [0.1, 0.15) is 11.5 Å². The summed E-state index contributed by atoms with van der Waals surface area (Å²) in [4.78, 5) is 17.5. The zero-order valence-corrected chi connectivity index (χ0v) is 20.5. The first-order valence-electron chi connectivity index (χ1n) is 10.3. The minimum absolute atomic E-state index is 0. The second kappa shape index (κ2) is 12.5. The monoisotopic (exact) mass is 537 g/mol. The van der Waals surface area contributed by atoms with E-state index in [2.05, 4.69) is 20.5 Å². The van der Waals surface area contributed by atoms with Gasteiger partial charge in [0.15, 0.2) is 5.96 Å². The van der Waals surface area contributed by atoms with Crippen LogP contribution in [0.3, 0.4) is 0 Å². The summed E-state index contributed by atoms with van der Waals surface area (Å²) in [5.41, 5.74) is 7.50. The smallest absolute Gasteiger partial charge is 0.231 e. The van der Waals surface area contributed by atoms with E-state index in [0.717, 1.165) is 54.5 Å². The fourth-order valence-corrected chi connectivity index (χ4v) is 3.58. The Morgan fingerprint density at radius 2 is 1.94 bits per heavy atom. The van der Waals surface area contributed by atoms with Gasteiger partial charge in [0.05, 0.1) is 6.54 Å². The quantitative estimate of drug-likeness (QED) is 0.287. The van der Waals surface area contributed by atoms with Gasteiger partial charge in [0.25, 0.3) is 0 Å². The first-order chi connectivity index (χ1) is 14.5. The van der Waals surface area contributed by atoms with Gasteiger partial charge < -0.3 is 21.1 Å². The average molecular weight is 537 g/mol. The molecule has 3 rings (SSSR count). The largest absolute Gasteiger partial charge is 0.457 e. The van der Waals surface area contributed by atoms with Crippen LogP contribution in [0.4, 0.5) is 0 Å². The molecule has 4 N–H and O–H groups in total. The van der Waals surface area contributed by atoms with E-state index in [-0.39, 0.29) is 29.9 Å². The molecule has 8 heteroatoms. The number of piperidine rings is 1. The standard InChI is InChI=1S/C23H31N5O2.HI/c1-17-6-5-8-20(14-17)30-21-9-4-3-7-18(21)15-26-23(25-2)27-19-10-12-28(13-11-19)16-22(24)29;/h3-9,14,19H,10-13,15-16H2,1-2H3,(H2,24,29)(H2,25,26,27);1H. The summed E-state index contributed by atoms with van der Waals surface area (Å²) in [7, 11) is 1.77. The summed E-state index contributed by atoms with van der Waals surface area (Å²) in [6, 6.07) is 16.3. The number of guanidine groups is 1. The molecule has 0 aliphatic carbocycles. The number of benzene rings is 2. The predicted molar refractivity (Wildman–Crippen MR) is 135 cm³/mol. The van der Waals surface area contributed by atoms with Crippen molar-refractivity contribution in [3.05, 3.63) is 59.7 Å². The van der Waals surface area contributed by atoms with Gasteiger partial charge in [-0.15, -0.1) is 24.0 Å². The highest BCUT2D eigenvalue weighted by Crippen LogP contribution is 2.25. The molecule has 0 spiro atoms. The summed E-state index contributed by atoms with van der Waals surface area (Å²) in [5.74, 6) is 2.14. The number of likely N-dealkylation sites (tertiary alicyclic amines) is 1. The van der Waals surface area contributed by atoms with Crippen molar-refractivity contribution >= 4 is 35.8 Å².